The van der Waals surface area contributed by atoms with Gasteiger partial charge in [0.15, 0.2) is 5.43 Å². The van der Waals surface area contributed by atoms with Gasteiger partial charge in [-0.05, 0) is 80.9 Å². The van der Waals surface area contributed by atoms with Crippen LogP contribution in [0, 0.1) is 23.7 Å². The lowest BCUT2D eigenvalue weighted by atomic mass is 9.89. The Hall–Kier alpha value is -5.77. The molecule has 70 heavy (non-hydrogen) atoms. The van der Waals surface area contributed by atoms with Crippen LogP contribution >= 0.6 is 0 Å². The molecule has 0 aliphatic carbocycles. The Morgan fingerprint density at radius 3 is 2.13 bits per heavy atom. The molecule has 15 heteroatoms. The number of carbonyl (C=O) groups excluding carboxylic acids is 4. The molecular formula is C55H80N6O9. The van der Waals surface area contributed by atoms with E-state index < -0.39 is 30.2 Å². The summed E-state index contributed by atoms with van der Waals surface area (Å²) in [5.74, 6) is -0.141. The Morgan fingerprint density at radius 1 is 0.857 bits per heavy atom. The predicted octanol–water partition coefficient (Wildman–Crippen LogP) is 7.04. The van der Waals surface area contributed by atoms with Crippen molar-refractivity contribution in [3.8, 4) is 17.1 Å². The van der Waals surface area contributed by atoms with Crippen LogP contribution in [0.15, 0.2) is 88.1 Å². The fourth-order valence-corrected chi connectivity index (χ4v) is 9.72. The van der Waals surface area contributed by atoms with E-state index in [1.165, 1.54) is 6.07 Å². The quantitative estimate of drug-likeness (QED) is 0.0686. The number of likely N-dealkylation sites (tertiary alicyclic amines) is 1. The van der Waals surface area contributed by atoms with E-state index in [1.807, 2.05) is 94.9 Å². The van der Waals surface area contributed by atoms with Gasteiger partial charge in [0.25, 0.3) is 0 Å². The van der Waals surface area contributed by atoms with E-state index in [4.69, 9.17) is 24.4 Å². The number of methoxy groups -OCH3 is 3. The van der Waals surface area contributed by atoms with Gasteiger partial charge in [-0.1, -0.05) is 103 Å². The average Bonchev–Trinajstić information content (AvgIpc) is 3.83. The molecule has 1 aliphatic heterocycles. The number of nitrogen functional groups attached to an aromatic ring is 1. The number of anilines is 1. The third-order valence-electron chi connectivity index (χ3n) is 13.7. The van der Waals surface area contributed by atoms with Gasteiger partial charge in [0, 0.05) is 46.0 Å². The summed E-state index contributed by atoms with van der Waals surface area (Å²) in [7, 11) is 10.2. The maximum absolute atomic E-state index is 14.2. The average molecular weight is 969 g/mol. The highest BCUT2D eigenvalue weighted by Crippen LogP contribution is 2.34. The standard InChI is InChI=1S/C39H67N5O6.C16H13NO3/c1-13-27(6)35(43(10)39(48)33(25(2)3)41-38(47)34(26(4)5)42(8)9)31(49-11)24-32(45)44-23-17-20-30(44)36(50-12)28(7)37(46)40-22-21-29-18-15-14-16-19-29;1-19-14-8-4-6-11(16(14)17)15-9-12(18)10-5-2-3-7-13(10)20-15/h14-16,18-19,25-28,30-31,33-36H,13,17,20-24H2,1-12H3,(H,40,46)(H,41,47);2-9H,17H2,1H3/t27-,28+,30-,31+,33-,34-,35-,36+;/m0./s1. The summed E-state index contributed by atoms with van der Waals surface area (Å²) in [6, 6.07) is 22.2. The van der Waals surface area contributed by atoms with Crippen LogP contribution in [0.3, 0.4) is 0 Å². The number of ether oxygens (including phenoxy) is 3. The summed E-state index contributed by atoms with van der Waals surface area (Å²) in [6.07, 6.45) is 2.06. The van der Waals surface area contributed by atoms with Crippen LogP contribution < -0.4 is 26.5 Å². The molecule has 0 radical (unpaired) electrons. The van der Waals surface area contributed by atoms with E-state index in [0.29, 0.717) is 46.8 Å². The Labute approximate surface area is 415 Å². The van der Waals surface area contributed by atoms with Crippen LogP contribution in [0.4, 0.5) is 5.69 Å². The van der Waals surface area contributed by atoms with Gasteiger partial charge < -0.3 is 44.8 Å². The highest BCUT2D eigenvalue weighted by Gasteiger charge is 2.43. The van der Waals surface area contributed by atoms with Gasteiger partial charge in [-0.15, -0.1) is 0 Å². The highest BCUT2D eigenvalue weighted by atomic mass is 16.5. The van der Waals surface area contributed by atoms with Crippen molar-refractivity contribution in [1.82, 2.24) is 25.3 Å². The van der Waals surface area contributed by atoms with Crippen LogP contribution in [-0.4, -0.2) is 130 Å². The molecular weight excluding hydrogens is 889 g/mol. The number of nitrogens with one attached hydrogen (secondary N) is 2. The molecule has 4 amide bonds. The maximum Gasteiger partial charge on any atom is 0.245 e. The van der Waals surface area contributed by atoms with Gasteiger partial charge >= 0.3 is 0 Å². The number of likely N-dealkylation sites (N-methyl/N-ethyl adjacent to an activating group) is 2. The van der Waals surface area contributed by atoms with Crippen LogP contribution in [0.25, 0.3) is 22.3 Å². The topological polar surface area (TPSA) is 186 Å². The number of nitrogens with two attached hydrogens (primary N) is 1. The minimum Gasteiger partial charge on any atom is -0.495 e. The zero-order valence-corrected chi connectivity index (χ0v) is 43.8. The number of hydrogen-bond donors (Lipinski definition) is 3. The molecule has 1 aliphatic rings. The first-order chi connectivity index (χ1) is 33.3. The summed E-state index contributed by atoms with van der Waals surface area (Å²) in [5.41, 5.74) is 8.73. The van der Waals surface area contributed by atoms with Gasteiger partial charge in [0.05, 0.1) is 60.9 Å². The second-order valence-electron chi connectivity index (χ2n) is 19.4. The number of fused-ring (bicyclic) bond motifs is 1. The number of carbonyl (C=O) groups is 4. The van der Waals surface area contributed by atoms with E-state index in [2.05, 4.69) is 24.5 Å². The molecule has 1 saturated heterocycles. The summed E-state index contributed by atoms with van der Waals surface area (Å²) in [5, 5.41) is 6.65. The first kappa shape index (κ1) is 56.8. The molecule has 3 aromatic carbocycles. The molecule has 15 nitrogen and oxygen atoms in total. The van der Waals surface area contributed by atoms with Gasteiger partial charge in [-0.3, -0.25) is 28.9 Å². The molecule has 8 atom stereocenters. The van der Waals surface area contributed by atoms with Crippen molar-refractivity contribution < 1.29 is 37.8 Å². The lowest BCUT2D eigenvalue weighted by molar-refractivity contribution is -0.148. The summed E-state index contributed by atoms with van der Waals surface area (Å²) < 4.78 is 22.9. The molecule has 4 aromatic rings. The molecule has 2 heterocycles. The second kappa shape index (κ2) is 27.0. The minimum absolute atomic E-state index is 0.0103. The van der Waals surface area contributed by atoms with E-state index in [-0.39, 0.29) is 65.3 Å². The van der Waals surface area contributed by atoms with Crippen molar-refractivity contribution in [3.63, 3.8) is 0 Å². The second-order valence-corrected chi connectivity index (χ2v) is 19.4. The molecule has 4 N–H and O–H groups in total. The van der Waals surface area contributed by atoms with Crippen molar-refractivity contribution >= 4 is 40.3 Å². The SMILES string of the molecule is CC[C@H](C)[C@@H]([C@@H](CC(=O)N1CCC[C@H]1[C@H](OC)[C@@H](C)C(=O)NCCc1ccccc1)OC)N(C)C(=O)[C@@H](NC(=O)[C@H](C(C)C)N(C)C)C(C)C.COc1cccc(-c2cc(=O)c3ccccc3o2)c1N. The number of benzene rings is 3. The van der Waals surface area contributed by atoms with Gasteiger partial charge in [-0.25, -0.2) is 0 Å². The van der Waals surface area contributed by atoms with Crippen molar-refractivity contribution in [1.29, 1.82) is 0 Å². The van der Waals surface area contributed by atoms with E-state index in [9.17, 15) is 24.0 Å². The molecule has 0 unspecified atom stereocenters. The minimum atomic E-state index is -0.737. The Morgan fingerprint density at radius 2 is 1.53 bits per heavy atom. The molecule has 1 aromatic heterocycles. The molecule has 0 saturated carbocycles. The monoisotopic (exact) mass is 969 g/mol. The van der Waals surface area contributed by atoms with Crippen LogP contribution in [0.5, 0.6) is 5.75 Å². The lowest BCUT2D eigenvalue weighted by Crippen LogP contribution is -2.59. The molecule has 1 fully saturated rings. The zero-order chi connectivity index (χ0) is 51.8. The number of para-hydroxylation sites is 2. The molecule has 0 spiro atoms. The maximum atomic E-state index is 14.2. The number of amides is 4. The first-order valence-corrected chi connectivity index (χ1v) is 24.7. The predicted molar refractivity (Wildman–Crippen MR) is 277 cm³/mol. The largest absolute Gasteiger partial charge is 0.495 e. The van der Waals surface area contributed by atoms with Crippen LogP contribution in [0.2, 0.25) is 0 Å². The Balaban J connectivity index is 0.000000437. The van der Waals surface area contributed by atoms with Crippen molar-refractivity contribution in [2.75, 3.05) is 61.3 Å². The smallest absolute Gasteiger partial charge is 0.245 e. The van der Waals surface area contributed by atoms with Crippen LogP contribution in [0.1, 0.15) is 79.7 Å². The fraction of sp³-hybridized carbons (Fsp3) is 0.545. The third kappa shape index (κ3) is 14.4. The molecule has 5 rings (SSSR count). The number of hydrogen-bond acceptors (Lipinski definition) is 11. The van der Waals surface area contributed by atoms with Crippen molar-refractivity contribution in [3.05, 3.63) is 94.6 Å². The number of rotatable bonds is 22. The summed E-state index contributed by atoms with van der Waals surface area (Å²) >= 11 is 0. The van der Waals surface area contributed by atoms with Crippen molar-refractivity contribution in [2.45, 2.75) is 117 Å². The Kier molecular flexibility index (Phi) is 21.9. The van der Waals surface area contributed by atoms with E-state index in [1.54, 1.807) is 69.7 Å². The fourth-order valence-electron chi connectivity index (χ4n) is 9.72. The first-order valence-electron chi connectivity index (χ1n) is 24.7. The molecule has 384 valence electrons. The lowest BCUT2D eigenvalue weighted by Gasteiger charge is -2.41. The van der Waals surface area contributed by atoms with Gasteiger partial charge in [0.2, 0.25) is 23.6 Å². The summed E-state index contributed by atoms with van der Waals surface area (Å²) in [4.78, 5) is 72.4. The Bertz CT molecular complexity index is 2360. The van der Waals surface area contributed by atoms with Gasteiger partial charge in [-0.2, -0.15) is 0 Å². The highest BCUT2D eigenvalue weighted by molar-refractivity contribution is 5.90. The van der Waals surface area contributed by atoms with E-state index >= 15 is 0 Å². The molecule has 0 bridgehead atoms. The number of nitrogens with zero attached hydrogens (tertiary/aromatic N) is 3. The third-order valence-corrected chi connectivity index (χ3v) is 13.7. The normalized spacial score (nSPS) is 16.7. The zero-order valence-electron chi connectivity index (χ0n) is 43.8. The van der Waals surface area contributed by atoms with Gasteiger partial charge in [0.1, 0.15) is 23.1 Å². The van der Waals surface area contributed by atoms with E-state index in [0.717, 1.165) is 31.2 Å². The van der Waals surface area contributed by atoms with Crippen molar-refractivity contribution in [2.24, 2.45) is 23.7 Å². The summed E-state index contributed by atoms with van der Waals surface area (Å²) in [6.45, 7) is 14.9. The van der Waals surface area contributed by atoms with Crippen LogP contribution in [-0.2, 0) is 35.1 Å².